The first-order valence-corrected chi connectivity index (χ1v) is 7.54. The summed E-state index contributed by atoms with van der Waals surface area (Å²) in [6.45, 7) is 10.6. The Hall–Kier alpha value is -1.13. The third-order valence-electron chi connectivity index (χ3n) is 3.20. The molecule has 20 heavy (non-hydrogen) atoms. The molecule has 1 aromatic carbocycles. The Bertz CT molecular complexity index is 385. The highest BCUT2D eigenvalue weighted by molar-refractivity contribution is 5.49. The normalized spacial score (nSPS) is 10.8. The molecule has 0 aliphatic heterocycles. The highest BCUT2D eigenvalue weighted by Crippen LogP contribution is 2.20. The number of benzene rings is 1. The van der Waals surface area contributed by atoms with Gasteiger partial charge in [-0.3, -0.25) is 0 Å². The largest absolute Gasteiger partial charge is 0.380 e. The van der Waals surface area contributed by atoms with Gasteiger partial charge in [-0.1, -0.05) is 13.0 Å². The van der Waals surface area contributed by atoms with Crippen LogP contribution in [-0.2, 0) is 11.3 Å². The maximum absolute atomic E-state index is 14.2. The van der Waals surface area contributed by atoms with Gasteiger partial charge < -0.3 is 15.0 Å². The summed E-state index contributed by atoms with van der Waals surface area (Å²) in [6.07, 6.45) is 1.08. The van der Waals surface area contributed by atoms with Crippen molar-refractivity contribution in [1.82, 2.24) is 5.32 Å². The Kier molecular flexibility index (Phi) is 8.23. The summed E-state index contributed by atoms with van der Waals surface area (Å²) in [7, 11) is 0. The second-order valence-corrected chi connectivity index (χ2v) is 4.74. The van der Waals surface area contributed by atoms with Crippen molar-refractivity contribution >= 4 is 5.69 Å². The fraction of sp³-hybridized carbons (Fsp3) is 0.625. The number of halogens is 1. The summed E-state index contributed by atoms with van der Waals surface area (Å²) in [4.78, 5) is 2.01. The van der Waals surface area contributed by atoms with Crippen LogP contribution in [0, 0.1) is 5.82 Å². The van der Waals surface area contributed by atoms with E-state index >= 15 is 0 Å². The smallest absolute Gasteiger partial charge is 0.146 e. The van der Waals surface area contributed by atoms with Crippen molar-refractivity contribution in [1.29, 1.82) is 0 Å². The van der Waals surface area contributed by atoms with Crippen molar-refractivity contribution < 1.29 is 9.13 Å². The number of nitrogens with zero attached hydrogens (tertiary/aromatic N) is 1. The lowest BCUT2D eigenvalue weighted by molar-refractivity contribution is 0.154. The van der Waals surface area contributed by atoms with Crippen LogP contribution in [0.4, 0.5) is 10.1 Å². The van der Waals surface area contributed by atoms with E-state index in [1.807, 2.05) is 30.9 Å². The molecule has 0 spiro atoms. The Morgan fingerprint density at radius 1 is 1.25 bits per heavy atom. The maximum Gasteiger partial charge on any atom is 0.146 e. The predicted molar refractivity (Wildman–Crippen MR) is 82.8 cm³/mol. The molecular weight excluding hydrogens is 255 g/mol. The van der Waals surface area contributed by atoms with Crippen LogP contribution in [0.25, 0.3) is 0 Å². The summed E-state index contributed by atoms with van der Waals surface area (Å²) in [5, 5.41) is 3.28. The van der Waals surface area contributed by atoms with Crippen LogP contribution >= 0.6 is 0 Å². The van der Waals surface area contributed by atoms with Gasteiger partial charge in [0.15, 0.2) is 0 Å². The van der Waals surface area contributed by atoms with Gasteiger partial charge in [0.2, 0.25) is 0 Å². The quantitative estimate of drug-likeness (QED) is 0.667. The zero-order chi connectivity index (χ0) is 14.8. The van der Waals surface area contributed by atoms with Crippen LogP contribution in [0.3, 0.4) is 0 Å². The Morgan fingerprint density at radius 3 is 2.65 bits per heavy atom. The SMILES string of the molecule is CCCNCc1ccc(N(CC)CCOCC)c(F)c1. The monoisotopic (exact) mass is 282 g/mol. The van der Waals surface area contributed by atoms with Crippen molar-refractivity contribution in [2.45, 2.75) is 33.7 Å². The van der Waals surface area contributed by atoms with E-state index in [2.05, 4.69) is 12.2 Å². The lowest BCUT2D eigenvalue weighted by atomic mass is 10.1. The van der Waals surface area contributed by atoms with Crippen LogP contribution in [0.1, 0.15) is 32.8 Å². The van der Waals surface area contributed by atoms with Crippen molar-refractivity contribution in [3.8, 4) is 0 Å². The van der Waals surface area contributed by atoms with E-state index in [0.29, 0.717) is 25.4 Å². The first kappa shape index (κ1) is 16.9. The zero-order valence-corrected chi connectivity index (χ0v) is 12.9. The summed E-state index contributed by atoms with van der Waals surface area (Å²) < 4.78 is 19.5. The second kappa shape index (κ2) is 9.72. The number of likely N-dealkylation sites (N-methyl/N-ethyl adjacent to an activating group) is 1. The molecule has 0 aromatic heterocycles. The molecule has 0 fully saturated rings. The lowest BCUT2D eigenvalue weighted by Gasteiger charge is -2.23. The molecule has 4 heteroatoms. The molecule has 0 saturated heterocycles. The number of rotatable bonds is 10. The van der Waals surface area contributed by atoms with Crippen LogP contribution in [0.2, 0.25) is 0 Å². The molecule has 1 N–H and O–H groups in total. The standard InChI is InChI=1S/C16H27FN2O/c1-4-9-18-13-14-7-8-16(15(17)12-14)19(5-2)10-11-20-6-3/h7-8,12,18H,4-6,9-11,13H2,1-3H3. The van der Waals surface area contributed by atoms with Crippen LogP contribution in [0.5, 0.6) is 0 Å². The molecule has 0 amide bonds. The molecule has 0 bridgehead atoms. The van der Waals surface area contributed by atoms with Crippen LogP contribution in [0.15, 0.2) is 18.2 Å². The number of ether oxygens (including phenoxy) is 1. The minimum atomic E-state index is -0.154. The summed E-state index contributed by atoms with van der Waals surface area (Å²) in [6, 6.07) is 5.49. The average molecular weight is 282 g/mol. The van der Waals surface area contributed by atoms with Gasteiger partial charge in [-0.15, -0.1) is 0 Å². The predicted octanol–water partition coefficient (Wildman–Crippen LogP) is 3.19. The van der Waals surface area contributed by atoms with Gasteiger partial charge in [-0.25, -0.2) is 4.39 Å². The molecule has 3 nitrogen and oxygen atoms in total. The van der Waals surface area contributed by atoms with Gasteiger partial charge in [-0.05, 0) is 44.5 Å². The van der Waals surface area contributed by atoms with Crippen molar-refractivity contribution in [2.24, 2.45) is 0 Å². The summed E-state index contributed by atoms with van der Waals surface area (Å²) >= 11 is 0. The average Bonchev–Trinajstić information content (AvgIpc) is 2.45. The van der Waals surface area contributed by atoms with Gasteiger partial charge in [0.25, 0.3) is 0 Å². The number of anilines is 1. The molecule has 0 saturated carbocycles. The molecule has 0 aliphatic carbocycles. The Morgan fingerprint density at radius 2 is 2.05 bits per heavy atom. The first-order chi connectivity index (χ1) is 9.72. The Labute approximate surface area is 122 Å². The third-order valence-corrected chi connectivity index (χ3v) is 3.20. The molecule has 0 aliphatic rings. The molecule has 1 aromatic rings. The highest BCUT2D eigenvalue weighted by atomic mass is 19.1. The Balaban J connectivity index is 2.64. The van der Waals surface area contributed by atoms with E-state index in [1.54, 1.807) is 6.07 Å². The topological polar surface area (TPSA) is 24.5 Å². The van der Waals surface area contributed by atoms with Crippen molar-refractivity contribution in [2.75, 3.05) is 37.7 Å². The van der Waals surface area contributed by atoms with Crippen molar-refractivity contribution in [3.05, 3.63) is 29.6 Å². The van der Waals surface area contributed by atoms with E-state index in [9.17, 15) is 4.39 Å². The molecule has 0 unspecified atom stereocenters. The van der Waals surface area contributed by atoms with E-state index < -0.39 is 0 Å². The van der Waals surface area contributed by atoms with E-state index in [-0.39, 0.29) is 5.82 Å². The molecule has 0 atom stereocenters. The third kappa shape index (κ3) is 5.47. The lowest BCUT2D eigenvalue weighted by Crippen LogP contribution is -2.28. The van der Waals surface area contributed by atoms with Gasteiger partial charge in [-0.2, -0.15) is 0 Å². The molecule has 0 heterocycles. The van der Waals surface area contributed by atoms with E-state index in [0.717, 1.165) is 31.6 Å². The minimum absolute atomic E-state index is 0.154. The highest BCUT2D eigenvalue weighted by Gasteiger charge is 2.10. The van der Waals surface area contributed by atoms with Gasteiger partial charge in [0.05, 0.1) is 12.3 Å². The van der Waals surface area contributed by atoms with Crippen LogP contribution < -0.4 is 10.2 Å². The van der Waals surface area contributed by atoms with Crippen LogP contribution in [-0.4, -0.2) is 32.8 Å². The van der Waals surface area contributed by atoms with Gasteiger partial charge in [0.1, 0.15) is 5.82 Å². The first-order valence-electron chi connectivity index (χ1n) is 7.54. The fourth-order valence-electron chi connectivity index (χ4n) is 2.09. The molecule has 1 rings (SSSR count). The number of nitrogens with one attached hydrogen (secondary N) is 1. The summed E-state index contributed by atoms with van der Waals surface area (Å²) in [5.41, 5.74) is 1.65. The van der Waals surface area contributed by atoms with Gasteiger partial charge >= 0.3 is 0 Å². The van der Waals surface area contributed by atoms with E-state index in [4.69, 9.17) is 4.74 Å². The van der Waals surface area contributed by atoms with Gasteiger partial charge in [0, 0.05) is 26.2 Å². The zero-order valence-electron chi connectivity index (χ0n) is 12.9. The summed E-state index contributed by atoms with van der Waals surface area (Å²) in [5.74, 6) is -0.154. The maximum atomic E-state index is 14.2. The molecule has 0 radical (unpaired) electrons. The fourth-order valence-corrected chi connectivity index (χ4v) is 2.09. The van der Waals surface area contributed by atoms with Crippen molar-refractivity contribution in [3.63, 3.8) is 0 Å². The molecular formula is C16H27FN2O. The minimum Gasteiger partial charge on any atom is -0.380 e. The van der Waals surface area contributed by atoms with E-state index in [1.165, 1.54) is 0 Å². The second-order valence-electron chi connectivity index (χ2n) is 4.74. The number of hydrogen-bond donors (Lipinski definition) is 1. The molecule has 114 valence electrons. The number of hydrogen-bond acceptors (Lipinski definition) is 3.